The standard InChI is InChI=1S/C12H18N2S/c1-9(13)10-6-7-12(14-8-10)15-11-4-2-3-5-11/h6-9,11H,2-5,13H2,1H3/t9-/m1/s1. The monoisotopic (exact) mass is 222 g/mol. The summed E-state index contributed by atoms with van der Waals surface area (Å²) in [6.07, 6.45) is 7.37. The van der Waals surface area contributed by atoms with Crippen LogP contribution in [0.5, 0.6) is 0 Å². The van der Waals surface area contributed by atoms with E-state index in [9.17, 15) is 0 Å². The predicted molar refractivity (Wildman–Crippen MR) is 65.0 cm³/mol. The van der Waals surface area contributed by atoms with Gasteiger partial charge in [0.05, 0.1) is 5.03 Å². The van der Waals surface area contributed by atoms with E-state index in [0.29, 0.717) is 0 Å². The highest BCUT2D eigenvalue weighted by molar-refractivity contribution is 7.99. The van der Waals surface area contributed by atoms with Crippen molar-refractivity contribution in [3.63, 3.8) is 0 Å². The van der Waals surface area contributed by atoms with Crippen LogP contribution in [0.2, 0.25) is 0 Å². The molecule has 1 atom stereocenters. The third-order valence-corrected chi connectivity index (χ3v) is 4.16. The Hall–Kier alpha value is -0.540. The van der Waals surface area contributed by atoms with Crippen molar-refractivity contribution in [1.29, 1.82) is 0 Å². The second-order valence-electron chi connectivity index (χ2n) is 4.24. The number of hydrogen-bond acceptors (Lipinski definition) is 3. The molecule has 0 saturated heterocycles. The Labute approximate surface area is 95.7 Å². The van der Waals surface area contributed by atoms with Gasteiger partial charge in [-0.3, -0.25) is 0 Å². The summed E-state index contributed by atoms with van der Waals surface area (Å²) < 4.78 is 0. The van der Waals surface area contributed by atoms with Crippen molar-refractivity contribution in [3.05, 3.63) is 23.9 Å². The summed E-state index contributed by atoms with van der Waals surface area (Å²) in [5.74, 6) is 0. The molecule has 0 spiro atoms. The minimum Gasteiger partial charge on any atom is -0.324 e. The first-order valence-corrected chi connectivity index (χ1v) is 6.52. The molecule has 2 rings (SSSR count). The van der Waals surface area contributed by atoms with E-state index in [1.54, 1.807) is 0 Å². The van der Waals surface area contributed by atoms with Crippen LogP contribution in [0.15, 0.2) is 23.4 Å². The van der Waals surface area contributed by atoms with Crippen molar-refractivity contribution in [2.45, 2.75) is 48.9 Å². The van der Waals surface area contributed by atoms with E-state index in [2.05, 4.69) is 17.1 Å². The molecule has 1 aliphatic rings. The van der Waals surface area contributed by atoms with E-state index in [0.717, 1.165) is 15.8 Å². The number of nitrogens with zero attached hydrogens (tertiary/aromatic N) is 1. The van der Waals surface area contributed by atoms with Gasteiger partial charge in [-0.25, -0.2) is 4.98 Å². The molecule has 0 unspecified atom stereocenters. The average Bonchev–Trinajstić information content (AvgIpc) is 2.71. The fraction of sp³-hybridized carbons (Fsp3) is 0.583. The average molecular weight is 222 g/mol. The van der Waals surface area contributed by atoms with Gasteiger partial charge in [0.1, 0.15) is 0 Å². The second-order valence-corrected chi connectivity index (χ2v) is 5.56. The fourth-order valence-electron chi connectivity index (χ4n) is 1.91. The van der Waals surface area contributed by atoms with Crippen molar-refractivity contribution in [2.75, 3.05) is 0 Å². The summed E-state index contributed by atoms with van der Waals surface area (Å²) in [5.41, 5.74) is 6.90. The number of hydrogen-bond donors (Lipinski definition) is 1. The number of rotatable bonds is 3. The van der Waals surface area contributed by atoms with Crippen LogP contribution in [0.1, 0.15) is 44.2 Å². The maximum Gasteiger partial charge on any atom is 0.0962 e. The lowest BCUT2D eigenvalue weighted by molar-refractivity contribution is 0.805. The van der Waals surface area contributed by atoms with Gasteiger partial charge in [-0.15, -0.1) is 11.8 Å². The Balaban J connectivity index is 1.97. The maximum atomic E-state index is 5.78. The minimum absolute atomic E-state index is 0.0861. The van der Waals surface area contributed by atoms with Crippen LogP contribution in [-0.4, -0.2) is 10.2 Å². The molecule has 1 fully saturated rings. The first-order chi connectivity index (χ1) is 7.25. The zero-order chi connectivity index (χ0) is 10.7. The number of pyridine rings is 1. The van der Waals surface area contributed by atoms with Crippen LogP contribution < -0.4 is 5.73 Å². The molecule has 1 aliphatic carbocycles. The molecule has 2 N–H and O–H groups in total. The van der Waals surface area contributed by atoms with E-state index < -0.39 is 0 Å². The molecule has 1 aromatic rings. The van der Waals surface area contributed by atoms with Crippen molar-refractivity contribution in [3.8, 4) is 0 Å². The van der Waals surface area contributed by atoms with E-state index in [1.165, 1.54) is 25.7 Å². The smallest absolute Gasteiger partial charge is 0.0962 e. The molecule has 3 heteroatoms. The number of nitrogens with two attached hydrogens (primary N) is 1. The highest BCUT2D eigenvalue weighted by atomic mass is 32.2. The molecule has 1 aromatic heterocycles. The van der Waals surface area contributed by atoms with Crippen molar-refractivity contribution >= 4 is 11.8 Å². The quantitative estimate of drug-likeness (QED) is 0.854. The molecule has 0 aromatic carbocycles. The maximum absolute atomic E-state index is 5.78. The van der Waals surface area contributed by atoms with Gasteiger partial charge in [0, 0.05) is 17.5 Å². The summed E-state index contributed by atoms with van der Waals surface area (Å²) in [6.45, 7) is 1.99. The van der Waals surface area contributed by atoms with Gasteiger partial charge in [0.25, 0.3) is 0 Å². The van der Waals surface area contributed by atoms with Crippen molar-refractivity contribution in [2.24, 2.45) is 5.73 Å². The van der Waals surface area contributed by atoms with Crippen molar-refractivity contribution in [1.82, 2.24) is 4.98 Å². The molecule has 1 heterocycles. The molecule has 0 bridgehead atoms. The summed E-state index contributed by atoms with van der Waals surface area (Å²) in [7, 11) is 0. The Kier molecular flexibility index (Phi) is 3.65. The first kappa shape index (κ1) is 11.0. The molecule has 0 amide bonds. The van der Waals surface area contributed by atoms with E-state index in [1.807, 2.05) is 24.9 Å². The molecule has 1 saturated carbocycles. The van der Waals surface area contributed by atoms with Crippen LogP contribution in [0.25, 0.3) is 0 Å². The zero-order valence-electron chi connectivity index (χ0n) is 9.15. The lowest BCUT2D eigenvalue weighted by Gasteiger charge is -2.09. The summed E-state index contributed by atoms with van der Waals surface area (Å²) in [4.78, 5) is 4.45. The van der Waals surface area contributed by atoms with Crippen molar-refractivity contribution < 1.29 is 0 Å². The molecule has 82 valence electrons. The van der Waals surface area contributed by atoms with Crippen LogP contribution in [0.4, 0.5) is 0 Å². The van der Waals surface area contributed by atoms with Gasteiger partial charge in [-0.2, -0.15) is 0 Å². The second kappa shape index (κ2) is 4.99. The Morgan fingerprint density at radius 2 is 2.13 bits per heavy atom. The zero-order valence-corrected chi connectivity index (χ0v) is 9.96. The molecule has 2 nitrogen and oxygen atoms in total. The Morgan fingerprint density at radius 3 is 2.67 bits per heavy atom. The molecular formula is C12H18N2S. The van der Waals surface area contributed by atoms with Crippen LogP contribution in [-0.2, 0) is 0 Å². The van der Waals surface area contributed by atoms with Gasteiger partial charge in [-0.05, 0) is 31.4 Å². The highest BCUT2D eigenvalue weighted by Crippen LogP contribution is 2.33. The molecule has 0 aliphatic heterocycles. The van der Waals surface area contributed by atoms with Gasteiger partial charge >= 0.3 is 0 Å². The Morgan fingerprint density at radius 1 is 1.40 bits per heavy atom. The summed E-state index contributed by atoms with van der Waals surface area (Å²) in [5, 5.41) is 1.94. The Bertz CT molecular complexity index is 302. The largest absolute Gasteiger partial charge is 0.324 e. The van der Waals surface area contributed by atoms with E-state index in [-0.39, 0.29) is 6.04 Å². The van der Waals surface area contributed by atoms with Gasteiger partial charge in [0.2, 0.25) is 0 Å². The van der Waals surface area contributed by atoms with Crippen LogP contribution in [0, 0.1) is 0 Å². The fourth-order valence-corrected chi connectivity index (χ4v) is 3.08. The lowest BCUT2D eigenvalue weighted by Crippen LogP contribution is -2.05. The molecular weight excluding hydrogens is 204 g/mol. The highest BCUT2D eigenvalue weighted by Gasteiger charge is 2.16. The normalized spacial score (nSPS) is 19.3. The molecule has 0 radical (unpaired) electrons. The number of aromatic nitrogens is 1. The predicted octanol–water partition coefficient (Wildman–Crippen LogP) is 3.14. The third kappa shape index (κ3) is 2.95. The third-order valence-electron chi connectivity index (χ3n) is 2.87. The minimum atomic E-state index is 0.0861. The lowest BCUT2D eigenvalue weighted by atomic mass is 10.2. The van der Waals surface area contributed by atoms with Gasteiger partial charge in [-0.1, -0.05) is 18.9 Å². The molecule has 15 heavy (non-hydrogen) atoms. The van der Waals surface area contributed by atoms with E-state index >= 15 is 0 Å². The summed E-state index contributed by atoms with van der Waals surface area (Å²) in [6, 6.07) is 4.28. The van der Waals surface area contributed by atoms with Gasteiger partial charge in [0.15, 0.2) is 0 Å². The van der Waals surface area contributed by atoms with E-state index in [4.69, 9.17) is 5.73 Å². The SMILES string of the molecule is C[C@@H](N)c1ccc(SC2CCCC2)nc1. The van der Waals surface area contributed by atoms with Crippen LogP contribution >= 0.6 is 11.8 Å². The van der Waals surface area contributed by atoms with Crippen LogP contribution in [0.3, 0.4) is 0 Å². The van der Waals surface area contributed by atoms with Gasteiger partial charge < -0.3 is 5.73 Å². The topological polar surface area (TPSA) is 38.9 Å². The summed E-state index contributed by atoms with van der Waals surface area (Å²) >= 11 is 1.92. The number of thioether (sulfide) groups is 1. The first-order valence-electron chi connectivity index (χ1n) is 5.64.